The second kappa shape index (κ2) is 4.80. The van der Waals surface area contributed by atoms with Crippen molar-refractivity contribution in [3.8, 4) is 11.8 Å². The van der Waals surface area contributed by atoms with Gasteiger partial charge in [-0.2, -0.15) is 0 Å². The molecule has 0 heterocycles. The number of carbonyl (C=O) groups is 2. The highest BCUT2D eigenvalue weighted by molar-refractivity contribution is 5.93. The molecule has 1 aromatic carbocycles. The molecular weight excluding hydrogens is 180 g/mol. The second-order valence-electron chi connectivity index (χ2n) is 2.44. The largest absolute Gasteiger partial charge is 0.290 e. The maximum atomic E-state index is 11.0. The first-order valence-electron chi connectivity index (χ1n) is 3.84. The summed E-state index contributed by atoms with van der Waals surface area (Å²) in [6.45, 7) is 0. The average molecular weight is 188 g/mol. The molecule has 1 rings (SSSR count). The van der Waals surface area contributed by atoms with Crippen LogP contribution in [-0.4, -0.2) is 12.2 Å². The SMILES string of the molecule is NNC(=O)c1ccc(C#CC=O)cc1. The topological polar surface area (TPSA) is 72.2 Å². The van der Waals surface area contributed by atoms with Crippen LogP contribution in [0.5, 0.6) is 0 Å². The van der Waals surface area contributed by atoms with Gasteiger partial charge in [-0.1, -0.05) is 5.92 Å². The number of rotatable bonds is 1. The first-order valence-corrected chi connectivity index (χ1v) is 3.84. The quantitative estimate of drug-likeness (QED) is 0.211. The van der Waals surface area contributed by atoms with Crippen LogP contribution >= 0.6 is 0 Å². The van der Waals surface area contributed by atoms with E-state index >= 15 is 0 Å². The van der Waals surface area contributed by atoms with Gasteiger partial charge in [-0.25, -0.2) is 5.84 Å². The summed E-state index contributed by atoms with van der Waals surface area (Å²) in [5.74, 6) is 9.46. The predicted molar refractivity (Wildman–Crippen MR) is 51.0 cm³/mol. The van der Waals surface area contributed by atoms with Crippen LogP contribution in [0.15, 0.2) is 24.3 Å². The smallest absolute Gasteiger partial charge is 0.265 e. The van der Waals surface area contributed by atoms with E-state index in [1.54, 1.807) is 24.3 Å². The van der Waals surface area contributed by atoms with Crippen LogP contribution in [-0.2, 0) is 4.79 Å². The molecule has 0 saturated heterocycles. The van der Waals surface area contributed by atoms with Crippen LogP contribution < -0.4 is 11.3 Å². The molecule has 1 aromatic rings. The number of nitrogens with one attached hydrogen (secondary N) is 1. The van der Waals surface area contributed by atoms with Gasteiger partial charge < -0.3 is 0 Å². The summed E-state index contributed by atoms with van der Waals surface area (Å²) in [6.07, 6.45) is 0.514. The van der Waals surface area contributed by atoms with Gasteiger partial charge in [0.2, 0.25) is 0 Å². The molecule has 4 heteroatoms. The van der Waals surface area contributed by atoms with E-state index in [4.69, 9.17) is 5.84 Å². The summed E-state index contributed by atoms with van der Waals surface area (Å²) in [4.78, 5) is 21.0. The number of hydrazine groups is 1. The maximum absolute atomic E-state index is 11.0. The highest BCUT2D eigenvalue weighted by Crippen LogP contribution is 2.02. The lowest BCUT2D eigenvalue weighted by Gasteiger charge is -1.98. The lowest BCUT2D eigenvalue weighted by molar-refractivity contribution is -0.103. The van der Waals surface area contributed by atoms with Gasteiger partial charge in [-0.05, 0) is 30.2 Å². The van der Waals surface area contributed by atoms with Crippen molar-refractivity contribution in [3.05, 3.63) is 35.4 Å². The van der Waals surface area contributed by atoms with Gasteiger partial charge >= 0.3 is 0 Å². The zero-order chi connectivity index (χ0) is 10.4. The summed E-state index contributed by atoms with van der Waals surface area (Å²) >= 11 is 0. The van der Waals surface area contributed by atoms with E-state index in [-0.39, 0.29) is 5.91 Å². The van der Waals surface area contributed by atoms with Gasteiger partial charge in [-0.15, -0.1) is 0 Å². The number of hydrogen-bond donors (Lipinski definition) is 2. The van der Waals surface area contributed by atoms with E-state index in [9.17, 15) is 9.59 Å². The third kappa shape index (κ3) is 2.44. The minimum Gasteiger partial charge on any atom is -0.290 e. The lowest BCUT2D eigenvalue weighted by atomic mass is 10.1. The Morgan fingerprint density at radius 1 is 1.36 bits per heavy atom. The number of aldehydes is 1. The van der Waals surface area contributed by atoms with E-state index < -0.39 is 0 Å². The van der Waals surface area contributed by atoms with E-state index in [1.807, 2.05) is 5.43 Å². The van der Waals surface area contributed by atoms with Crippen molar-refractivity contribution >= 4 is 12.2 Å². The molecule has 0 aliphatic heterocycles. The molecule has 3 N–H and O–H groups in total. The van der Waals surface area contributed by atoms with Crippen molar-refractivity contribution in [2.45, 2.75) is 0 Å². The molecule has 0 saturated carbocycles. The monoisotopic (exact) mass is 188 g/mol. The standard InChI is InChI=1S/C10H8N2O2/c11-12-10(14)9-5-3-8(4-6-9)2-1-7-13/h3-7H,11H2,(H,12,14). The third-order valence-electron chi connectivity index (χ3n) is 1.55. The van der Waals surface area contributed by atoms with Crippen molar-refractivity contribution < 1.29 is 9.59 Å². The summed E-state index contributed by atoms with van der Waals surface area (Å²) in [5.41, 5.74) is 3.13. The van der Waals surface area contributed by atoms with Gasteiger partial charge in [0.05, 0.1) is 0 Å². The summed E-state index contributed by atoms with van der Waals surface area (Å²) < 4.78 is 0. The molecule has 14 heavy (non-hydrogen) atoms. The number of nitrogen functional groups attached to an aromatic ring is 1. The van der Waals surface area contributed by atoms with Crippen LogP contribution in [0.4, 0.5) is 0 Å². The molecular formula is C10H8N2O2. The highest BCUT2D eigenvalue weighted by Gasteiger charge is 2.00. The maximum Gasteiger partial charge on any atom is 0.265 e. The minimum absolute atomic E-state index is 0.361. The summed E-state index contributed by atoms with van der Waals surface area (Å²) in [7, 11) is 0. The summed E-state index contributed by atoms with van der Waals surface area (Å²) in [6, 6.07) is 6.44. The average Bonchev–Trinajstić information content (AvgIpc) is 2.26. The minimum atomic E-state index is -0.361. The second-order valence-corrected chi connectivity index (χ2v) is 2.44. The first kappa shape index (κ1) is 9.96. The molecule has 0 bridgehead atoms. The Kier molecular flexibility index (Phi) is 3.41. The Labute approximate surface area is 81.1 Å². The van der Waals surface area contributed by atoms with E-state index in [2.05, 4.69) is 11.8 Å². The Morgan fingerprint density at radius 2 is 2.00 bits per heavy atom. The third-order valence-corrected chi connectivity index (χ3v) is 1.55. The van der Waals surface area contributed by atoms with Crippen LogP contribution in [0.3, 0.4) is 0 Å². The molecule has 0 atom stereocenters. The first-order chi connectivity index (χ1) is 6.77. The molecule has 0 radical (unpaired) electrons. The fourth-order valence-electron chi connectivity index (χ4n) is 0.901. The van der Waals surface area contributed by atoms with Crippen LogP contribution in [0.2, 0.25) is 0 Å². The number of amides is 1. The Bertz CT molecular complexity index is 398. The van der Waals surface area contributed by atoms with Crippen molar-refractivity contribution in [3.63, 3.8) is 0 Å². The Morgan fingerprint density at radius 3 is 2.50 bits per heavy atom. The van der Waals surface area contributed by atoms with Crippen LogP contribution in [0.25, 0.3) is 0 Å². The van der Waals surface area contributed by atoms with Gasteiger partial charge in [0.15, 0.2) is 6.29 Å². The predicted octanol–water partition coefficient (Wildman–Crippen LogP) is -0.160. The van der Waals surface area contributed by atoms with Crippen molar-refractivity contribution in [1.29, 1.82) is 0 Å². The van der Waals surface area contributed by atoms with E-state index in [0.717, 1.165) is 0 Å². The Hall–Kier alpha value is -2.12. The van der Waals surface area contributed by atoms with Crippen molar-refractivity contribution in [2.24, 2.45) is 5.84 Å². The molecule has 0 aliphatic carbocycles. The van der Waals surface area contributed by atoms with Crippen molar-refractivity contribution in [1.82, 2.24) is 5.43 Å². The fourth-order valence-corrected chi connectivity index (χ4v) is 0.901. The molecule has 70 valence electrons. The molecule has 0 unspecified atom stereocenters. The number of benzene rings is 1. The van der Waals surface area contributed by atoms with Crippen molar-refractivity contribution in [2.75, 3.05) is 0 Å². The molecule has 1 amide bonds. The van der Waals surface area contributed by atoms with Gasteiger partial charge in [-0.3, -0.25) is 15.0 Å². The van der Waals surface area contributed by atoms with E-state index in [0.29, 0.717) is 17.4 Å². The van der Waals surface area contributed by atoms with Crippen LogP contribution in [0.1, 0.15) is 15.9 Å². The fraction of sp³-hybridized carbons (Fsp3) is 0. The molecule has 0 spiro atoms. The van der Waals surface area contributed by atoms with E-state index in [1.165, 1.54) is 0 Å². The molecule has 0 fully saturated rings. The molecule has 0 aliphatic rings. The van der Waals surface area contributed by atoms with Gasteiger partial charge in [0, 0.05) is 11.1 Å². The summed E-state index contributed by atoms with van der Waals surface area (Å²) in [5, 5.41) is 0. The molecule has 0 aromatic heterocycles. The normalized spacial score (nSPS) is 8.36. The number of carbonyl (C=O) groups excluding carboxylic acids is 2. The van der Waals surface area contributed by atoms with Gasteiger partial charge in [0.25, 0.3) is 5.91 Å². The molecule has 4 nitrogen and oxygen atoms in total. The highest BCUT2D eigenvalue weighted by atomic mass is 16.2. The number of hydrogen-bond acceptors (Lipinski definition) is 3. The number of nitrogens with two attached hydrogens (primary N) is 1. The zero-order valence-corrected chi connectivity index (χ0v) is 7.28. The van der Waals surface area contributed by atoms with Crippen LogP contribution in [0, 0.1) is 11.8 Å². The van der Waals surface area contributed by atoms with Gasteiger partial charge in [0.1, 0.15) is 0 Å². The lowest BCUT2D eigenvalue weighted by Crippen LogP contribution is -2.29. The zero-order valence-electron chi connectivity index (χ0n) is 7.28. The Balaban J connectivity index is 2.88.